The van der Waals surface area contributed by atoms with Gasteiger partial charge in [0.2, 0.25) is 0 Å². The Morgan fingerprint density at radius 2 is 1.63 bits per heavy atom. The van der Waals surface area contributed by atoms with Crippen molar-refractivity contribution in [3.63, 3.8) is 0 Å². The second kappa shape index (κ2) is 12.9. The van der Waals surface area contributed by atoms with E-state index in [9.17, 15) is 9.59 Å². The molecule has 4 saturated carbocycles. The van der Waals surface area contributed by atoms with Gasteiger partial charge in [0.05, 0.1) is 5.69 Å². The van der Waals surface area contributed by atoms with Crippen LogP contribution >= 0.6 is 0 Å². The number of anilines is 2. The predicted molar refractivity (Wildman–Crippen MR) is 173 cm³/mol. The van der Waals surface area contributed by atoms with Crippen molar-refractivity contribution in [1.82, 2.24) is 0 Å². The van der Waals surface area contributed by atoms with Crippen molar-refractivity contribution in [1.29, 1.82) is 0 Å². The van der Waals surface area contributed by atoms with Gasteiger partial charge in [-0.2, -0.15) is 0 Å². The summed E-state index contributed by atoms with van der Waals surface area (Å²) >= 11 is 0. The molecule has 0 heterocycles. The lowest BCUT2D eigenvalue weighted by molar-refractivity contribution is -0.158. The van der Waals surface area contributed by atoms with Crippen LogP contribution in [0.2, 0.25) is 0 Å². The van der Waals surface area contributed by atoms with Crippen molar-refractivity contribution < 1.29 is 19.1 Å². The molecule has 0 spiro atoms. The molecule has 6 heteroatoms. The summed E-state index contributed by atoms with van der Waals surface area (Å²) in [7, 11) is 0. The van der Waals surface area contributed by atoms with Crippen LogP contribution in [0.25, 0.3) is 0 Å². The van der Waals surface area contributed by atoms with E-state index < -0.39 is 11.9 Å². The van der Waals surface area contributed by atoms with Crippen LogP contribution in [0, 0.1) is 52.3 Å². The third kappa shape index (κ3) is 6.63. The summed E-state index contributed by atoms with van der Waals surface area (Å²) in [5, 5.41) is 0. The maximum atomic E-state index is 12.6. The summed E-state index contributed by atoms with van der Waals surface area (Å²) in [6.45, 7) is 12.5. The van der Waals surface area contributed by atoms with Gasteiger partial charge >= 0.3 is 11.9 Å². The third-order valence-electron chi connectivity index (χ3n) is 12.7. The molecule has 0 bridgehead atoms. The zero-order valence-electron chi connectivity index (χ0n) is 27.3. The zero-order valence-corrected chi connectivity index (χ0v) is 27.3. The fourth-order valence-electron chi connectivity index (χ4n) is 10.5. The van der Waals surface area contributed by atoms with E-state index in [-0.39, 0.29) is 17.5 Å². The highest BCUT2D eigenvalue weighted by Gasteiger charge is 2.60. The summed E-state index contributed by atoms with van der Waals surface area (Å²) in [6, 6.07) is 4.67. The van der Waals surface area contributed by atoms with Gasteiger partial charge in [-0.05, 0) is 128 Å². The number of benzene rings is 1. The van der Waals surface area contributed by atoms with Crippen molar-refractivity contribution in [2.75, 3.05) is 11.5 Å². The van der Waals surface area contributed by atoms with Crippen LogP contribution in [-0.4, -0.2) is 18.0 Å². The van der Waals surface area contributed by atoms with Gasteiger partial charge in [-0.25, -0.2) is 9.59 Å². The fraction of sp³-hybridized carbons (Fsp3) is 0.730. The van der Waals surface area contributed by atoms with Crippen molar-refractivity contribution in [3.8, 4) is 5.75 Å². The van der Waals surface area contributed by atoms with E-state index in [0.29, 0.717) is 22.4 Å². The standard InChI is InChI=1S/C37H56N2O4/c1-23(2)7-6-8-24(3)29-12-13-30-28-11-9-25-21-27(17-19-36(25,4)31(28)18-20-37(29,30)5)42-34(40)15-16-35(41)43-33-14-10-26(38)22-32(33)39/h10,14-16,22-25,27-31H,6-9,11-13,17-21,38-39H2,1-5H3. The van der Waals surface area contributed by atoms with Gasteiger partial charge < -0.3 is 20.9 Å². The normalized spacial score (nSPS) is 36.0. The van der Waals surface area contributed by atoms with Gasteiger partial charge in [0.1, 0.15) is 6.10 Å². The molecule has 4 aliphatic rings. The number of nitrogen functional groups attached to an aromatic ring is 2. The van der Waals surface area contributed by atoms with Crippen LogP contribution < -0.4 is 16.2 Å². The molecule has 9 unspecified atom stereocenters. The molecule has 4 aliphatic carbocycles. The zero-order chi connectivity index (χ0) is 30.9. The Hall–Kier alpha value is -2.50. The van der Waals surface area contributed by atoms with E-state index >= 15 is 0 Å². The quantitative estimate of drug-likeness (QED) is 0.129. The monoisotopic (exact) mass is 592 g/mol. The van der Waals surface area contributed by atoms with E-state index in [1.165, 1.54) is 76.0 Å². The second-order valence-electron chi connectivity index (χ2n) is 15.6. The van der Waals surface area contributed by atoms with Gasteiger partial charge in [0.15, 0.2) is 5.75 Å². The molecule has 5 rings (SSSR count). The Bertz CT molecular complexity index is 1200. The molecule has 238 valence electrons. The molecule has 1 aromatic carbocycles. The summed E-state index contributed by atoms with van der Waals surface area (Å²) < 4.78 is 11.1. The average molecular weight is 593 g/mol. The van der Waals surface area contributed by atoms with Crippen LogP contribution in [0.3, 0.4) is 0 Å². The molecule has 0 radical (unpaired) electrons. The molecule has 0 aliphatic heterocycles. The number of hydrogen-bond acceptors (Lipinski definition) is 6. The molecule has 43 heavy (non-hydrogen) atoms. The van der Waals surface area contributed by atoms with Gasteiger partial charge in [0.25, 0.3) is 0 Å². The van der Waals surface area contributed by atoms with Gasteiger partial charge in [-0.15, -0.1) is 0 Å². The van der Waals surface area contributed by atoms with E-state index in [0.717, 1.165) is 60.8 Å². The molecule has 0 aromatic heterocycles. The number of hydrogen-bond donors (Lipinski definition) is 2. The molecule has 0 amide bonds. The Kier molecular flexibility index (Phi) is 9.54. The molecule has 4 N–H and O–H groups in total. The van der Waals surface area contributed by atoms with Crippen LogP contribution in [0.4, 0.5) is 11.4 Å². The van der Waals surface area contributed by atoms with E-state index in [2.05, 4.69) is 34.6 Å². The highest BCUT2D eigenvalue weighted by Crippen LogP contribution is 2.68. The Morgan fingerprint density at radius 1 is 0.907 bits per heavy atom. The molecular weight excluding hydrogens is 536 g/mol. The number of nitrogens with two attached hydrogens (primary N) is 2. The summed E-state index contributed by atoms with van der Waals surface area (Å²) in [5.74, 6) is 4.72. The number of fused-ring (bicyclic) bond motifs is 5. The fourth-order valence-corrected chi connectivity index (χ4v) is 10.5. The van der Waals surface area contributed by atoms with Crippen LogP contribution in [0.5, 0.6) is 5.75 Å². The molecule has 4 fully saturated rings. The van der Waals surface area contributed by atoms with Crippen molar-refractivity contribution in [3.05, 3.63) is 30.4 Å². The lowest BCUT2D eigenvalue weighted by atomic mass is 9.44. The second-order valence-corrected chi connectivity index (χ2v) is 15.6. The summed E-state index contributed by atoms with van der Waals surface area (Å²) in [4.78, 5) is 24.9. The highest BCUT2D eigenvalue weighted by molar-refractivity contribution is 5.93. The molecule has 6 nitrogen and oxygen atoms in total. The lowest BCUT2D eigenvalue weighted by Gasteiger charge is -2.61. The van der Waals surface area contributed by atoms with Crippen LogP contribution in [0.1, 0.15) is 112 Å². The smallest absolute Gasteiger partial charge is 0.336 e. The minimum atomic E-state index is -0.675. The molecule has 9 atom stereocenters. The first-order valence-corrected chi connectivity index (χ1v) is 17.2. The van der Waals surface area contributed by atoms with Crippen molar-refractivity contribution >= 4 is 23.3 Å². The number of carbonyl (C=O) groups is 2. The topological polar surface area (TPSA) is 105 Å². The molecular formula is C37H56N2O4. The SMILES string of the molecule is CC(C)CCCC(C)C1CCC2C3CCC4CC(OC(=O)C=CC(=O)Oc5ccc(N)cc5N)CCC4(C)C3CCC12C. The largest absolute Gasteiger partial charge is 0.459 e. The average Bonchev–Trinajstić information content (AvgIpc) is 3.31. The van der Waals surface area contributed by atoms with Crippen molar-refractivity contribution in [2.24, 2.45) is 52.3 Å². The van der Waals surface area contributed by atoms with Gasteiger partial charge in [-0.1, -0.05) is 53.9 Å². The van der Waals surface area contributed by atoms with E-state index in [4.69, 9.17) is 20.9 Å². The predicted octanol–water partition coefficient (Wildman–Crippen LogP) is 8.35. The maximum absolute atomic E-state index is 12.6. The van der Waals surface area contributed by atoms with E-state index in [1.54, 1.807) is 6.07 Å². The van der Waals surface area contributed by atoms with Crippen LogP contribution in [-0.2, 0) is 14.3 Å². The van der Waals surface area contributed by atoms with Gasteiger partial charge in [0, 0.05) is 17.8 Å². The lowest BCUT2D eigenvalue weighted by Crippen LogP contribution is -2.54. The van der Waals surface area contributed by atoms with E-state index in [1.807, 2.05) is 0 Å². The Labute approximate surface area is 259 Å². The first-order valence-electron chi connectivity index (χ1n) is 17.2. The van der Waals surface area contributed by atoms with Gasteiger partial charge in [-0.3, -0.25) is 0 Å². The Balaban J connectivity index is 1.14. The molecule has 1 aromatic rings. The first kappa shape index (κ1) is 31.9. The number of esters is 2. The minimum absolute atomic E-state index is 0.0908. The molecule has 0 saturated heterocycles. The maximum Gasteiger partial charge on any atom is 0.336 e. The number of rotatable bonds is 9. The first-order chi connectivity index (χ1) is 20.4. The number of ether oxygens (including phenoxy) is 2. The summed E-state index contributed by atoms with van der Waals surface area (Å²) in [5.41, 5.74) is 13.2. The van der Waals surface area contributed by atoms with Crippen molar-refractivity contribution in [2.45, 2.75) is 118 Å². The minimum Gasteiger partial charge on any atom is -0.459 e. The number of carbonyl (C=O) groups excluding carboxylic acids is 2. The third-order valence-corrected chi connectivity index (χ3v) is 12.7. The highest BCUT2D eigenvalue weighted by atomic mass is 16.5. The Morgan fingerprint density at radius 3 is 2.37 bits per heavy atom. The van der Waals surface area contributed by atoms with Crippen LogP contribution in [0.15, 0.2) is 30.4 Å². The summed E-state index contributed by atoms with van der Waals surface area (Å²) in [6.07, 6.45) is 17.5.